The summed E-state index contributed by atoms with van der Waals surface area (Å²) >= 11 is 0. The van der Waals surface area contributed by atoms with E-state index in [-0.39, 0.29) is 51.1 Å². The highest BCUT2D eigenvalue weighted by Gasteiger charge is 2.29. The Balaban J connectivity index is 1.50. The van der Waals surface area contributed by atoms with Crippen molar-refractivity contribution in [2.75, 3.05) is 26.4 Å². The number of amides is 3. The van der Waals surface area contributed by atoms with Crippen LogP contribution in [-0.2, 0) is 19.0 Å². The molecule has 0 saturated carbocycles. The van der Waals surface area contributed by atoms with Gasteiger partial charge in [-0.05, 0) is 47.9 Å². The maximum absolute atomic E-state index is 12.7. The van der Waals surface area contributed by atoms with Gasteiger partial charge in [0.2, 0.25) is 5.96 Å². The number of carboxylic acid groups (broad SMARTS) is 1. The number of fused-ring (bicyclic) bond motifs is 3. The van der Waals surface area contributed by atoms with Crippen LogP contribution in [0.25, 0.3) is 11.1 Å². The third-order valence-corrected chi connectivity index (χ3v) is 7.76. The molecular weight excluding hydrogens is 604 g/mol. The fourth-order valence-corrected chi connectivity index (χ4v) is 5.29. The van der Waals surface area contributed by atoms with Crippen molar-refractivity contribution in [1.29, 1.82) is 0 Å². The van der Waals surface area contributed by atoms with E-state index in [4.69, 9.17) is 14.2 Å². The quantitative estimate of drug-likeness (QED) is 0.0596. The standard InChI is InChI=1S/C35H48N4O8/c1-3-5-7-13-22-45-34(43)38-32(39-35(44)46-23-14-8-6-4-2)36-21-15-20-30(31(40)41)37-33(42)47-24-29-27-18-11-9-16-25(27)26-17-10-12-19-28(26)29/h9-12,16-19,29-30H,3-8,13-15,20-24H2,1-2H3,(H,37,42)(H,40,41)(H2,36,38,39,43,44)/t30-/m0/s1. The van der Waals surface area contributed by atoms with Gasteiger partial charge >= 0.3 is 24.2 Å². The predicted molar refractivity (Wildman–Crippen MR) is 178 cm³/mol. The van der Waals surface area contributed by atoms with Crippen molar-refractivity contribution in [1.82, 2.24) is 16.0 Å². The Morgan fingerprint density at radius 3 is 1.77 bits per heavy atom. The van der Waals surface area contributed by atoms with E-state index < -0.39 is 30.3 Å². The molecule has 1 aliphatic rings. The van der Waals surface area contributed by atoms with Crippen LogP contribution in [0.5, 0.6) is 0 Å². The summed E-state index contributed by atoms with van der Waals surface area (Å²) in [4.78, 5) is 53.4. The van der Waals surface area contributed by atoms with E-state index in [2.05, 4.69) is 34.8 Å². The van der Waals surface area contributed by atoms with Gasteiger partial charge in [0.25, 0.3) is 0 Å². The van der Waals surface area contributed by atoms with Crippen molar-refractivity contribution in [3.8, 4) is 11.1 Å². The lowest BCUT2D eigenvalue weighted by Crippen LogP contribution is -2.44. The van der Waals surface area contributed by atoms with Gasteiger partial charge in [0, 0.05) is 12.5 Å². The number of ether oxygens (including phenoxy) is 3. The first-order valence-corrected chi connectivity index (χ1v) is 16.6. The molecule has 0 aromatic heterocycles. The molecule has 1 atom stereocenters. The highest BCUT2D eigenvalue weighted by atomic mass is 16.6. The molecule has 12 nitrogen and oxygen atoms in total. The Labute approximate surface area is 276 Å². The average Bonchev–Trinajstić information content (AvgIpc) is 3.38. The number of aliphatic carboxylic acids is 1. The Hall–Kier alpha value is -4.61. The first kappa shape index (κ1) is 36.9. The number of carboxylic acids is 1. The van der Waals surface area contributed by atoms with Crippen molar-refractivity contribution < 1.29 is 38.5 Å². The maximum atomic E-state index is 12.7. The van der Waals surface area contributed by atoms with Crippen LogP contribution >= 0.6 is 0 Å². The Kier molecular flexibility index (Phi) is 16.1. The second-order valence-electron chi connectivity index (χ2n) is 11.4. The molecule has 0 fully saturated rings. The van der Waals surface area contributed by atoms with Crippen molar-refractivity contribution in [3.05, 3.63) is 59.7 Å². The van der Waals surface area contributed by atoms with E-state index in [9.17, 15) is 24.3 Å². The minimum absolute atomic E-state index is 0.0278. The van der Waals surface area contributed by atoms with Gasteiger partial charge in [-0.25, -0.2) is 19.2 Å². The monoisotopic (exact) mass is 652 g/mol. The maximum Gasteiger partial charge on any atom is 0.413 e. The number of alkyl carbamates (subject to hydrolysis) is 3. The zero-order valence-corrected chi connectivity index (χ0v) is 27.4. The van der Waals surface area contributed by atoms with Gasteiger partial charge in [-0.1, -0.05) is 101 Å². The van der Waals surface area contributed by atoms with Gasteiger partial charge in [0.15, 0.2) is 0 Å². The summed E-state index contributed by atoms with van der Waals surface area (Å²) in [6.45, 7) is 4.72. The van der Waals surface area contributed by atoms with Crippen molar-refractivity contribution in [2.45, 2.75) is 90.0 Å². The third kappa shape index (κ3) is 12.6. The molecule has 2 aromatic carbocycles. The topological polar surface area (TPSA) is 165 Å². The van der Waals surface area contributed by atoms with Crippen LogP contribution in [0.2, 0.25) is 0 Å². The number of guanidine groups is 1. The molecule has 3 rings (SSSR count). The number of hydrogen-bond acceptors (Lipinski definition) is 8. The summed E-state index contributed by atoms with van der Waals surface area (Å²) in [6.07, 6.45) is 5.34. The van der Waals surface area contributed by atoms with Crippen LogP contribution < -0.4 is 16.0 Å². The van der Waals surface area contributed by atoms with Crippen LogP contribution in [0.3, 0.4) is 0 Å². The fourth-order valence-electron chi connectivity index (χ4n) is 5.29. The van der Waals surface area contributed by atoms with E-state index in [1.54, 1.807) is 0 Å². The molecule has 47 heavy (non-hydrogen) atoms. The SMILES string of the molecule is CCCCCCOC(=O)NC(=NCCC[C@H](NC(=O)OCC1c2ccccc2-c2ccccc21)C(=O)O)NC(=O)OCCCCCC. The van der Waals surface area contributed by atoms with E-state index in [1.165, 1.54) is 0 Å². The molecule has 0 heterocycles. The number of nitrogens with one attached hydrogen (secondary N) is 3. The van der Waals surface area contributed by atoms with E-state index in [0.29, 0.717) is 12.8 Å². The summed E-state index contributed by atoms with van der Waals surface area (Å²) in [5.74, 6) is -1.55. The number of benzene rings is 2. The lowest BCUT2D eigenvalue weighted by atomic mass is 9.98. The molecular formula is C35H48N4O8. The van der Waals surface area contributed by atoms with Crippen LogP contribution in [0.4, 0.5) is 14.4 Å². The predicted octanol–water partition coefficient (Wildman–Crippen LogP) is 6.73. The Bertz CT molecular complexity index is 1270. The summed E-state index contributed by atoms with van der Waals surface area (Å²) in [5.41, 5.74) is 4.27. The van der Waals surface area contributed by atoms with Crippen LogP contribution in [0.1, 0.15) is 95.1 Å². The molecule has 0 spiro atoms. The lowest BCUT2D eigenvalue weighted by Gasteiger charge is -2.17. The van der Waals surface area contributed by atoms with Crippen molar-refractivity contribution >= 4 is 30.2 Å². The smallest absolute Gasteiger partial charge is 0.413 e. The first-order chi connectivity index (χ1) is 22.8. The van der Waals surface area contributed by atoms with Gasteiger partial charge in [0.1, 0.15) is 12.6 Å². The van der Waals surface area contributed by atoms with Crippen LogP contribution in [0.15, 0.2) is 53.5 Å². The molecule has 0 unspecified atom stereocenters. The third-order valence-electron chi connectivity index (χ3n) is 7.76. The second-order valence-corrected chi connectivity index (χ2v) is 11.4. The molecule has 3 amide bonds. The average molecular weight is 653 g/mol. The minimum Gasteiger partial charge on any atom is -0.480 e. The minimum atomic E-state index is -1.23. The number of hydrogen-bond donors (Lipinski definition) is 4. The number of carbonyl (C=O) groups excluding carboxylic acids is 3. The summed E-state index contributed by atoms with van der Waals surface area (Å²) in [6, 6.07) is 14.6. The molecule has 0 saturated heterocycles. The molecule has 0 aliphatic heterocycles. The summed E-state index contributed by atoms with van der Waals surface area (Å²) in [5, 5.41) is 17.0. The molecule has 256 valence electrons. The number of unbranched alkanes of at least 4 members (excludes halogenated alkanes) is 6. The second kappa shape index (κ2) is 20.5. The van der Waals surface area contributed by atoms with E-state index in [0.717, 1.165) is 60.8 Å². The normalized spacial score (nSPS) is 12.2. The van der Waals surface area contributed by atoms with E-state index >= 15 is 0 Å². The highest BCUT2D eigenvalue weighted by molar-refractivity contribution is 6.01. The van der Waals surface area contributed by atoms with Gasteiger partial charge in [-0.2, -0.15) is 0 Å². The van der Waals surface area contributed by atoms with Gasteiger partial charge in [0.05, 0.1) is 13.2 Å². The number of rotatable bonds is 18. The van der Waals surface area contributed by atoms with E-state index in [1.807, 2.05) is 48.5 Å². The van der Waals surface area contributed by atoms with Crippen LogP contribution in [0, 0.1) is 0 Å². The summed E-state index contributed by atoms with van der Waals surface area (Å²) < 4.78 is 15.9. The zero-order chi connectivity index (χ0) is 33.9. The molecule has 4 N–H and O–H groups in total. The molecule has 0 radical (unpaired) electrons. The Morgan fingerprint density at radius 1 is 0.723 bits per heavy atom. The first-order valence-electron chi connectivity index (χ1n) is 16.6. The number of nitrogens with zero attached hydrogens (tertiary/aromatic N) is 1. The Morgan fingerprint density at radius 2 is 1.26 bits per heavy atom. The molecule has 12 heteroatoms. The van der Waals surface area contributed by atoms with Gasteiger partial charge < -0.3 is 24.6 Å². The number of carbonyl (C=O) groups is 4. The molecule has 2 aromatic rings. The van der Waals surface area contributed by atoms with Crippen molar-refractivity contribution in [3.63, 3.8) is 0 Å². The summed E-state index contributed by atoms with van der Waals surface area (Å²) in [7, 11) is 0. The van der Waals surface area contributed by atoms with Crippen molar-refractivity contribution in [2.24, 2.45) is 4.99 Å². The number of aliphatic imine (C=N–C) groups is 1. The molecule has 1 aliphatic carbocycles. The lowest BCUT2D eigenvalue weighted by molar-refractivity contribution is -0.139. The highest BCUT2D eigenvalue weighted by Crippen LogP contribution is 2.44. The van der Waals surface area contributed by atoms with Crippen LogP contribution in [-0.4, -0.2) is 67.7 Å². The van der Waals surface area contributed by atoms with Gasteiger partial charge in [-0.15, -0.1) is 0 Å². The molecule has 0 bridgehead atoms. The van der Waals surface area contributed by atoms with Gasteiger partial charge in [-0.3, -0.25) is 15.6 Å². The fraction of sp³-hybridized carbons (Fsp3) is 0.514. The zero-order valence-electron chi connectivity index (χ0n) is 27.4. The largest absolute Gasteiger partial charge is 0.480 e.